The molecule has 0 saturated heterocycles. The molecule has 162 valence electrons. The lowest BCUT2D eigenvalue weighted by atomic mass is 10.0. The number of sulfone groups is 1. The maximum Gasteiger partial charge on any atom is 0.339 e. The van der Waals surface area contributed by atoms with Crippen molar-refractivity contribution < 1.29 is 22.7 Å². The standard InChI is InChI=1S/C25H21NO5S/c1-26-20-14-8-6-12-18(20)23(24(26)17-10-4-3-5-11-17)21(27)16-31-25(28)19-13-7-9-15-22(19)32(2,29)30/h3-15H,16H2,1-2H3. The maximum absolute atomic E-state index is 13.3. The molecule has 0 amide bonds. The molecule has 4 aromatic rings. The van der Waals surface area contributed by atoms with Crippen LogP contribution in [0.3, 0.4) is 0 Å². The molecule has 0 spiro atoms. The van der Waals surface area contributed by atoms with Gasteiger partial charge in [-0.15, -0.1) is 0 Å². The number of carbonyl (C=O) groups is 2. The quantitative estimate of drug-likeness (QED) is 0.325. The van der Waals surface area contributed by atoms with E-state index in [1.165, 1.54) is 18.2 Å². The van der Waals surface area contributed by atoms with Gasteiger partial charge in [0.1, 0.15) is 0 Å². The van der Waals surface area contributed by atoms with Gasteiger partial charge in [-0.3, -0.25) is 4.79 Å². The maximum atomic E-state index is 13.3. The summed E-state index contributed by atoms with van der Waals surface area (Å²) >= 11 is 0. The SMILES string of the molecule is Cn1c(-c2ccccc2)c(C(=O)COC(=O)c2ccccc2S(C)(=O)=O)c2ccccc21. The molecule has 0 aliphatic heterocycles. The minimum absolute atomic E-state index is 0.0935. The zero-order chi connectivity index (χ0) is 22.9. The smallest absolute Gasteiger partial charge is 0.339 e. The van der Waals surface area contributed by atoms with Gasteiger partial charge in [0.2, 0.25) is 5.78 Å². The van der Waals surface area contributed by atoms with Crippen molar-refractivity contribution in [1.82, 2.24) is 4.57 Å². The lowest BCUT2D eigenvalue weighted by Gasteiger charge is -2.10. The second-order valence-electron chi connectivity index (χ2n) is 7.43. The number of para-hydroxylation sites is 1. The minimum Gasteiger partial charge on any atom is -0.454 e. The summed E-state index contributed by atoms with van der Waals surface area (Å²) in [4.78, 5) is 25.8. The van der Waals surface area contributed by atoms with E-state index in [0.717, 1.165) is 28.4 Å². The second-order valence-corrected chi connectivity index (χ2v) is 9.42. The number of rotatable bonds is 6. The number of esters is 1. The Morgan fingerprint density at radius 2 is 1.50 bits per heavy atom. The number of carbonyl (C=O) groups excluding carboxylic acids is 2. The monoisotopic (exact) mass is 447 g/mol. The number of aromatic nitrogens is 1. The van der Waals surface area contributed by atoms with E-state index in [1.54, 1.807) is 6.07 Å². The highest BCUT2D eigenvalue weighted by Gasteiger charge is 2.24. The Labute approximate surface area is 186 Å². The summed E-state index contributed by atoms with van der Waals surface area (Å²) < 4.78 is 31.2. The van der Waals surface area contributed by atoms with E-state index in [1.807, 2.05) is 66.2 Å². The van der Waals surface area contributed by atoms with E-state index in [4.69, 9.17) is 4.74 Å². The van der Waals surface area contributed by atoms with Gasteiger partial charge in [0.25, 0.3) is 0 Å². The molecule has 0 fully saturated rings. The fourth-order valence-corrected chi connectivity index (χ4v) is 4.73. The van der Waals surface area contributed by atoms with E-state index < -0.39 is 22.4 Å². The molecular formula is C25H21NO5S. The molecule has 0 aliphatic carbocycles. The zero-order valence-electron chi connectivity index (χ0n) is 17.6. The first-order valence-electron chi connectivity index (χ1n) is 9.91. The van der Waals surface area contributed by atoms with E-state index >= 15 is 0 Å². The summed E-state index contributed by atoms with van der Waals surface area (Å²) in [5.74, 6) is -1.23. The lowest BCUT2D eigenvalue weighted by molar-refractivity contribution is 0.0471. The first-order valence-corrected chi connectivity index (χ1v) is 11.8. The molecule has 6 nitrogen and oxygen atoms in total. The third-order valence-electron chi connectivity index (χ3n) is 5.27. The summed E-state index contributed by atoms with van der Waals surface area (Å²) in [6, 6.07) is 22.8. The average molecular weight is 448 g/mol. The summed E-state index contributed by atoms with van der Waals surface area (Å²) in [7, 11) is -1.74. The predicted octanol–water partition coefficient (Wildman–Crippen LogP) is 4.29. The molecule has 0 N–H and O–H groups in total. The van der Waals surface area contributed by atoms with Crippen molar-refractivity contribution in [2.45, 2.75) is 4.90 Å². The van der Waals surface area contributed by atoms with Crippen LogP contribution in [0.15, 0.2) is 83.8 Å². The Kier molecular flexibility index (Phi) is 5.67. The molecule has 0 bridgehead atoms. The van der Waals surface area contributed by atoms with Gasteiger partial charge in [-0.1, -0.05) is 60.7 Å². The van der Waals surface area contributed by atoms with Crippen LogP contribution in [0.2, 0.25) is 0 Å². The minimum atomic E-state index is -3.63. The molecule has 0 saturated carbocycles. The van der Waals surface area contributed by atoms with Gasteiger partial charge in [-0.05, 0) is 23.8 Å². The van der Waals surface area contributed by atoms with Gasteiger partial charge in [0.15, 0.2) is 16.4 Å². The fraction of sp³-hybridized carbons (Fsp3) is 0.120. The molecule has 0 unspecified atom stereocenters. The molecule has 4 rings (SSSR count). The van der Waals surface area contributed by atoms with Gasteiger partial charge < -0.3 is 9.30 Å². The van der Waals surface area contributed by atoms with Crippen LogP contribution in [0, 0.1) is 0 Å². The summed E-state index contributed by atoms with van der Waals surface area (Å²) in [6.07, 6.45) is 1.02. The van der Waals surface area contributed by atoms with E-state index in [9.17, 15) is 18.0 Å². The number of aryl methyl sites for hydroxylation is 1. The largest absolute Gasteiger partial charge is 0.454 e. The van der Waals surface area contributed by atoms with Crippen LogP contribution >= 0.6 is 0 Å². The lowest BCUT2D eigenvalue weighted by Crippen LogP contribution is -2.17. The van der Waals surface area contributed by atoms with Crippen LogP contribution in [0.5, 0.6) is 0 Å². The van der Waals surface area contributed by atoms with Crippen LogP contribution in [-0.4, -0.2) is 37.6 Å². The van der Waals surface area contributed by atoms with Crippen molar-refractivity contribution in [3.8, 4) is 11.3 Å². The molecule has 0 radical (unpaired) electrons. The molecule has 3 aromatic carbocycles. The molecule has 1 aromatic heterocycles. The third kappa shape index (κ3) is 3.94. The highest BCUT2D eigenvalue weighted by atomic mass is 32.2. The van der Waals surface area contributed by atoms with Crippen LogP contribution < -0.4 is 0 Å². The molecule has 1 heterocycles. The second kappa shape index (κ2) is 8.43. The molecule has 0 aliphatic rings. The summed E-state index contributed by atoms with van der Waals surface area (Å²) in [5.41, 5.74) is 2.83. The van der Waals surface area contributed by atoms with Gasteiger partial charge in [0, 0.05) is 24.2 Å². The van der Waals surface area contributed by atoms with Crippen molar-refractivity contribution in [2.24, 2.45) is 7.05 Å². The number of ether oxygens (including phenoxy) is 1. The highest BCUT2D eigenvalue weighted by Crippen LogP contribution is 2.33. The van der Waals surface area contributed by atoms with Crippen LogP contribution in [0.4, 0.5) is 0 Å². The van der Waals surface area contributed by atoms with Crippen molar-refractivity contribution in [1.29, 1.82) is 0 Å². The normalized spacial score (nSPS) is 11.4. The summed E-state index contributed by atoms with van der Waals surface area (Å²) in [5, 5.41) is 0.756. The molecule has 32 heavy (non-hydrogen) atoms. The van der Waals surface area contributed by atoms with E-state index in [0.29, 0.717) is 5.56 Å². The number of Topliss-reactive ketones (excluding diaryl/α,β-unsaturated/α-hetero) is 1. The van der Waals surface area contributed by atoms with Crippen molar-refractivity contribution in [2.75, 3.05) is 12.9 Å². The first kappa shape index (κ1) is 21.5. The molecular weight excluding hydrogens is 426 g/mol. The Morgan fingerprint density at radius 3 is 2.22 bits per heavy atom. The number of fused-ring (bicyclic) bond motifs is 1. The Balaban J connectivity index is 1.70. The van der Waals surface area contributed by atoms with E-state index in [-0.39, 0.29) is 16.2 Å². The topological polar surface area (TPSA) is 82.4 Å². The fourth-order valence-electron chi connectivity index (χ4n) is 3.85. The Bertz CT molecular complexity index is 1440. The Morgan fingerprint density at radius 1 is 0.875 bits per heavy atom. The van der Waals surface area contributed by atoms with Gasteiger partial charge in [-0.25, -0.2) is 13.2 Å². The Hall–Kier alpha value is -3.71. The van der Waals surface area contributed by atoms with E-state index in [2.05, 4.69) is 0 Å². The number of nitrogens with zero attached hydrogens (tertiary/aromatic N) is 1. The van der Waals surface area contributed by atoms with Gasteiger partial charge >= 0.3 is 5.97 Å². The number of benzene rings is 3. The average Bonchev–Trinajstić information content (AvgIpc) is 3.10. The van der Waals surface area contributed by atoms with Crippen LogP contribution in [0.1, 0.15) is 20.7 Å². The zero-order valence-corrected chi connectivity index (χ0v) is 18.4. The van der Waals surface area contributed by atoms with Crippen LogP contribution in [-0.2, 0) is 21.6 Å². The van der Waals surface area contributed by atoms with Crippen LogP contribution in [0.25, 0.3) is 22.2 Å². The summed E-state index contributed by atoms with van der Waals surface area (Å²) in [6.45, 7) is -0.509. The van der Waals surface area contributed by atoms with Crippen molar-refractivity contribution in [3.05, 3.63) is 90.0 Å². The predicted molar refractivity (Wildman–Crippen MR) is 123 cm³/mol. The number of hydrogen-bond donors (Lipinski definition) is 0. The molecule has 0 atom stereocenters. The highest BCUT2D eigenvalue weighted by molar-refractivity contribution is 7.90. The van der Waals surface area contributed by atoms with Gasteiger partial charge in [-0.2, -0.15) is 0 Å². The number of ketones is 1. The third-order valence-corrected chi connectivity index (χ3v) is 6.43. The van der Waals surface area contributed by atoms with Crippen molar-refractivity contribution in [3.63, 3.8) is 0 Å². The molecule has 7 heteroatoms. The first-order chi connectivity index (χ1) is 15.3. The number of hydrogen-bond acceptors (Lipinski definition) is 5. The van der Waals surface area contributed by atoms with Gasteiger partial charge in [0.05, 0.1) is 21.7 Å². The van der Waals surface area contributed by atoms with Crippen molar-refractivity contribution >= 4 is 32.5 Å².